The van der Waals surface area contributed by atoms with Crippen molar-refractivity contribution >= 4 is 85.0 Å². The normalized spacial score (nSPS) is 12.6. The molecule has 238 valence electrons. The van der Waals surface area contributed by atoms with Crippen LogP contribution in [0, 0.1) is 0 Å². The summed E-state index contributed by atoms with van der Waals surface area (Å²) in [4.78, 5) is 15.2. The van der Waals surface area contributed by atoms with Crippen molar-refractivity contribution in [1.29, 1.82) is 0 Å². The summed E-state index contributed by atoms with van der Waals surface area (Å²) in [5.41, 5.74) is 4.25. The predicted octanol–water partition coefficient (Wildman–Crippen LogP) is 12.8. The molecule has 0 spiro atoms. The van der Waals surface area contributed by atoms with Gasteiger partial charge in [-0.2, -0.15) is 0 Å². The molecule has 0 fully saturated rings. The zero-order valence-electron chi connectivity index (χ0n) is 26.5. The average Bonchev–Trinajstić information content (AvgIpc) is 3.69. The minimum Gasteiger partial charge on any atom is -0.456 e. The summed E-state index contributed by atoms with van der Waals surface area (Å²) in [6, 6.07) is 43.1. The molecule has 7 aromatic carbocycles. The van der Waals surface area contributed by atoms with E-state index in [0.29, 0.717) is 40.5 Å². The third kappa shape index (κ3) is 4.00. The number of furan rings is 1. The molecule has 1 aliphatic rings. The minimum absolute atomic E-state index is 0.534. The molecule has 0 bridgehead atoms. The Labute approximate surface area is 297 Å². The quantitative estimate of drug-likeness (QED) is 0.184. The van der Waals surface area contributed by atoms with E-state index in [4.69, 9.17) is 28.8 Å². The summed E-state index contributed by atoms with van der Waals surface area (Å²) in [5, 5.41) is 7.39. The molecule has 12 rings (SSSR count). The first-order valence-electron chi connectivity index (χ1n) is 16.6. The van der Waals surface area contributed by atoms with E-state index in [0.717, 1.165) is 37.9 Å². The molecule has 0 saturated heterocycles. The monoisotopic (exact) mass is 691 g/mol. The predicted molar refractivity (Wildman–Crippen MR) is 207 cm³/mol. The Hall–Kier alpha value is -6.35. The fraction of sp³-hybridized carbons (Fsp3) is 0. The number of fused-ring (bicyclic) bond motifs is 4. The molecule has 0 unspecified atom stereocenters. The number of nitrogens with zero attached hydrogens (tertiary/aromatic N) is 3. The zero-order chi connectivity index (χ0) is 33.2. The van der Waals surface area contributed by atoms with Crippen LogP contribution in [-0.4, -0.2) is 15.0 Å². The van der Waals surface area contributed by atoms with Gasteiger partial charge in [0.05, 0.1) is 0 Å². The molecule has 5 heterocycles. The van der Waals surface area contributed by atoms with Crippen molar-refractivity contribution in [3.05, 3.63) is 127 Å². The van der Waals surface area contributed by atoms with Crippen LogP contribution in [0.1, 0.15) is 0 Å². The third-order valence-corrected chi connectivity index (χ3v) is 12.0. The number of para-hydroxylation sites is 2. The number of thiophene rings is 1. The van der Waals surface area contributed by atoms with Gasteiger partial charge < -0.3 is 13.9 Å². The van der Waals surface area contributed by atoms with Crippen LogP contribution >= 0.6 is 22.7 Å². The molecule has 1 aliphatic heterocycles. The van der Waals surface area contributed by atoms with Crippen molar-refractivity contribution < 1.29 is 13.9 Å². The van der Waals surface area contributed by atoms with Crippen LogP contribution in [0.25, 0.3) is 96.4 Å². The number of benzene rings is 7. The van der Waals surface area contributed by atoms with Gasteiger partial charge in [-0.05, 0) is 71.4 Å². The van der Waals surface area contributed by atoms with E-state index in [1.165, 1.54) is 41.0 Å². The van der Waals surface area contributed by atoms with E-state index in [1.54, 1.807) is 0 Å². The summed E-state index contributed by atoms with van der Waals surface area (Å²) in [6.07, 6.45) is 0. The lowest BCUT2D eigenvalue weighted by molar-refractivity contribution is 0.360. The number of aromatic nitrogens is 3. The highest BCUT2D eigenvalue weighted by Gasteiger charge is 2.24. The second kappa shape index (κ2) is 10.1. The van der Waals surface area contributed by atoms with Gasteiger partial charge in [-0.1, -0.05) is 66.7 Å². The fourth-order valence-corrected chi connectivity index (χ4v) is 9.99. The molecule has 51 heavy (non-hydrogen) atoms. The summed E-state index contributed by atoms with van der Waals surface area (Å²) >= 11 is 3.66. The third-order valence-electron chi connectivity index (χ3n) is 9.73. The number of ether oxygens (including phenoxy) is 2. The zero-order valence-corrected chi connectivity index (χ0v) is 28.1. The molecule has 0 aliphatic carbocycles. The van der Waals surface area contributed by atoms with Gasteiger partial charge in [0.1, 0.15) is 11.2 Å². The van der Waals surface area contributed by atoms with Crippen molar-refractivity contribution in [1.82, 2.24) is 15.0 Å². The Bertz CT molecular complexity index is 3220. The van der Waals surface area contributed by atoms with Crippen LogP contribution in [-0.2, 0) is 0 Å². The minimum atomic E-state index is 0.534. The maximum Gasteiger partial charge on any atom is 0.170 e. The lowest BCUT2D eigenvalue weighted by Crippen LogP contribution is -2.02. The first-order valence-corrected chi connectivity index (χ1v) is 18.2. The molecule has 0 amide bonds. The second-order valence-corrected chi connectivity index (χ2v) is 14.9. The summed E-state index contributed by atoms with van der Waals surface area (Å²) < 4.78 is 24.0. The Kier molecular flexibility index (Phi) is 5.44. The molecule has 0 atom stereocenters. The van der Waals surface area contributed by atoms with Crippen molar-refractivity contribution in [2.75, 3.05) is 0 Å². The lowest BCUT2D eigenvalue weighted by atomic mass is 10.0. The van der Waals surface area contributed by atoms with Crippen LogP contribution in [0.2, 0.25) is 0 Å². The van der Waals surface area contributed by atoms with E-state index in [1.807, 2.05) is 95.5 Å². The van der Waals surface area contributed by atoms with Gasteiger partial charge in [-0.15, -0.1) is 22.7 Å². The van der Waals surface area contributed by atoms with Gasteiger partial charge in [0.2, 0.25) is 0 Å². The Morgan fingerprint density at radius 2 is 1.12 bits per heavy atom. The van der Waals surface area contributed by atoms with Gasteiger partial charge >= 0.3 is 0 Å². The molecule has 0 N–H and O–H groups in total. The molecule has 4 aromatic heterocycles. The lowest BCUT2D eigenvalue weighted by Gasteiger charge is -2.20. The summed E-state index contributed by atoms with van der Waals surface area (Å²) in [7, 11) is 0. The summed E-state index contributed by atoms with van der Waals surface area (Å²) in [5.74, 6) is 4.28. The van der Waals surface area contributed by atoms with Crippen LogP contribution in [0.15, 0.2) is 132 Å². The van der Waals surface area contributed by atoms with Crippen molar-refractivity contribution in [2.45, 2.75) is 0 Å². The Balaban J connectivity index is 1.11. The van der Waals surface area contributed by atoms with Crippen molar-refractivity contribution in [2.24, 2.45) is 0 Å². The van der Waals surface area contributed by atoms with Gasteiger partial charge in [0.25, 0.3) is 0 Å². The SMILES string of the molecule is c1ccc(-c2nc(-c3ccc4c(c3)Oc3ccccc3O4)nc(-c3cc4oc5ccc6sc7cc8ccccc8c8sc(c3)c4c5c6c78)n2)cc1. The molecule has 0 radical (unpaired) electrons. The highest BCUT2D eigenvalue weighted by atomic mass is 32.1. The molecule has 8 heteroatoms. The van der Waals surface area contributed by atoms with Crippen LogP contribution in [0.5, 0.6) is 23.0 Å². The van der Waals surface area contributed by atoms with Crippen molar-refractivity contribution in [3.8, 4) is 57.2 Å². The number of hydrogen-bond acceptors (Lipinski definition) is 8. The van der Waals surface area contributed by atoms with E-state index >= 15 is 0 Å². The van der Waals surface area contributed by atoms with E-state index < -0.39 is 0 Å². The van der Waals surface area contributed by atoms with Gasteiger partial charge in [0.15, 0.2) is 40.5 Å². The Morgan fingerprint density at radius 1 is 0.412 bits per heavy atom. The van der Waals surface area contributed by atoms with Crippen molar-refractivity contribution in [3.63, 3.8) is 0 Å². The van der Waals surface area contributed by atoms with Crippen LogP contribution in [0.4, 0.5) is 0 Å². The Morgan fingerprint density at radius 3 is 1.98 bits per heavy atom. The van der Waals surface area contributed by atoms with E-state index in [9.17, 15) is 0 Å². The molecule has 6 nitrogen and oxygen atoms in total. The molecule has 11 aromatic rings. The topological polar surface area (TPSA) is 70.3 Å². The molecular formula is C43H21N3O3S2. The standard InChI is InChI=1S/C43H21N3O3S2/c1-2-8-22(9-3-1)41-44-42(24-14-15-29-31(18-24)48-28-13-7-6-12-27(28)47-29)46-43(45-41)25-19-32-36-34(21-25)51-40-26-11-5-4-10-23(26)20-35-39(40)38-33(50-35)17-16-30(49-32)37(36)38/h1-21H. The highest BCUT2D eigenvalue weighted by molar-refractivity contribution is 7.29. The maximum absolute atomic E-state index is 6.65. The second-order valence-electron chi connectivity index (χ2n) is 12.8. The van der Waals surface area contributed by atoms with E-state index in [2.05, 4.69) is 54.6 Å². The van der Waals surface area contributed by atoms with Crippen LogP contribution in [0.3, 0.4) is 0 Å². The molecular weight excluding hydrogens is 671 g/mol. The van der Waals surface area contributed by atoms with Gasteiger partial charge in [0, 0.05) is 57.0 Å². The molecule has 0 saturated carbocycles. The average molecular weight is 692 g/mol. The fourth-order valence-electron chi connectivity index (χ4n) is 7.43. The smallest absolute Gasteiger partial charge is 0.170 e. The first kappa shape index (κ1) is 27.5. The maximum atomic E-state index is 6.65. The van der Waals surface area contributed by atoms with Gasteiger partial charge in [-0.25, -0.2) is 15.0 Å². The van der Waals surface area contributed by atoms with Crippen LogP contribution < -0.4 is 9.47 Å². The largest absolute Gasteiger partial charge is 0.456 e. The van der Waals surface area contributed by atoms with E-state index in [-0.39, 0.29) is 0 Å². The number of rotatable bonds is 3. The first-order chi connectivity index (χ1) is 25.2. The highest BCUT2D eigenvalue weighted by Crippen LogP contribution is 2.51. The number of hydrogen-bond donors (Lipinski definition) is 0. The van der Waals surface area contributed by atoms with Gasteiger partial charge in [-0.3, -0.25) is 0 Å². The summed E-state index contributed by atoms with van der Waals surface area (Å²) in [6.45, 7) is 0.